The van der Waals surface area contributed by atoms with E-state index in [1.54, 1.807) is 0 Å². The first-order valence-electron chi connectivity index (χ1n) is 38.1. The normalized spacial score (nSPS) is 12.6. The minimum Gasteiger partial charge on any atom is -0.466 e. The van der Waals surface area contributed by atoms with Gasteiger partial charge in [0, 0.05) is 12.8 Å². The Labute approximate surface area is 520 Å². The van der Waals surface area contributed by atoms with Crippen LogP contribution in [0.1, 0.15) is 431 Å². The van der Waals surface area contributed by atoms with E-state index in [9.17, 15) is 19.8 Å². The highest BCUT2D eigenvalue weighted by atomic mass is 16.5. The molecule has 0 rings (SSSR count). The van der Waals surface area contributed by atoms with E-state index in [2.05, 4.69) is 43.5 Å². The number of esters is 1. The molecule has 1 amide bonds. The van der Waals surface area contributed by atoms with Crippen LogP contribution in [-0.4, -0.2) is 47.4 Å². The summed E-state index contributed by atoms with van der Waals surface area (Å²) in [5.74, 6) is -0.0139. The Morgan fingerprint density at radius 1 is 0.337 bits per heavy atom. The smallest absolute Gasteiger partial charge is 0.305 e. The molecule has 6 heteroatoms. The lowest BCUT2D eigenvalue weighted by atomic mass is 10.0. The summed E-state index contributed by atoms with van der Waals surface area (Å²) in [5, 5.41) is 23.4. The van der Waals surface area contributed by atoms with Gasteiger partial charge in [0.05, 0.1) is 25.4 Å². The second-order valence-corrected chi connectivity index (χ2v) is 26.3. The van der Waals surface area contributed by atoms with Crippen molar-refractivity contribution in [2.45, 2.75) is 443 Å². The molecule has 0 saturated carbocycles. The molecule has 3 N–H and O–H groups in total. The third kappa shape index (κ3) is 69.3. The largest absolute Gasteiger partial charge is 0.466 e. The summed E-state index contributed by atoms with van der Waals surface area (Å²) in [4.78, 5) is 24.7. The van der Waals surface area contributed by atoms with Crippen molar-refractivity contribution in [1.82, 2.24) is 5.32 Å². The lowest BCUT2D eigenvalue weighted by Crippen LogP contribution is -2.45. The Balaban J connectivity index is 3.33. The number of unbranched alkanes of at least 4 members (excludes halogenated alkanes) is 57. The highest BCUT2D eigenvalue weighted by Gasteiger charge is 2.20. The number of allylic oxidation sites excluding steroid dienone is 4. The van der Waals surface area contributed by atoms with Gasteiger partial charge in [-0.15, -0.1) is 0 Å². The maximum absolute atomic E-state index is 12.6. The molecule has 2 atom stereocenters. The summed E-state index contributed by atoms with van der Waals surface area (Å²) < 4.78 is 5.50. The van der Waals surface area contributed by atoms with Gasteiger partial charge in [-0.2, -0.15) is 0 Å². The molecule has 0 aliphatic rings. The first-order valence-corrected chi connectivity index (χ1v) is 38.1. The molecule has 0 aromatic heterocycles. The van der Waals surface area contributed by atoms with Crippen molar-refractivity contribution >= 4 is 11.9 Å². The lowest BCUT2D eigenvalue weighted by Gasteiger charge is -2.22. The molecule has 0 heterocycles. The minimum absolute atomic E-state index is 0.0127. The summed E-state index contributed by atoms with van der Waals surface area (Å²) in [6.45, 7) is 4.97. The van der Waals surface area contributed by atoms with Gasteiger partial charge in [-0.3, -0.25) is 9.59 Å². The number of hydrogen-bond acceptors (Lipinski definition) is 5. The van der Waals surface area contributed by atoms with Crippen molar-refractivity contribution in [2.75, 3.05) is 13.2 Å². The van der Waals surface area contributed by atoms with E-state index in [0.717, 1.165) is 51.4 Å². The predicted molar refractivity (Wildman–Crippen MR) is 366 cm³/mol. The van der Waals surface area contributed by atoms with Crippen molar-refractivity contribution in [3.05, 3.63) is 24.3 Å². The van der Waals surface area contributed by atoms with E-state index in [0.29, 0.717) is 25.9 Å². The highest BCUT2D eigenvalue weighted by molar-refractivity contribution is 5.76. The Morgan fingerprint density at radius 3 is 0.940 bits per heavy atom. The molecule has 0 bridgehead atoms. The number of carbonyl (C=O) groups excluding carboxylic acids is 2. The number of aliphatic hydroxyl groups excluding tert-OH is 2. The van der Waals surface area contributed by atoms with Gasteiger partial charge in [0.25, 0.3) is 0 Å². The van der Waals surface area contributed by atoms with Crippen LogP contribution in [-0.2, 0) is 14.3 Å². The molecule has 0 aromatic rings. The molecule has 83 heavy (non-hydrogen) atoms. The number of hydrogen-bond donors (Lipinski definition) is 3. The Kier molecular flexibility index (Phi) is 71.4. The molecule has 0 saturated heterocycles. The molecular formula is C77H149NO5. The second kappa shape index (κ2) is 72.8. The molecule has 492 valence electrons. The van der Waals surface area contributed by atoms with Crippen LogP contribution in [0.3, 0.4) is 0 Å². The zero-order valence-corrected chi connectivity index (χ0v) is 56.5. The van der Waals surface area contributed by atoms with Crippen molar-refractivity contribution in [3.63, 3.8) is 0 Å². The van der Waals surface area contributed by atoms with E-state index in [4.69, 9.17) is 4.74 Å². The summed E-state index contributed by atoms with van der Waals surface area (Å²) in [6, 6.07) is -0.539. The monoisotopic (exact) mass is 1170 g/mol. The van der Waals surface area contributed by atoms with E-state index in [-0.39, 0.29) is 18.5 Å². The highest BCUT2D eigenvalue weighted by Crippen LogP contribution is 2.20. The van der Waals surface area contributed by atoms with E-state index >= 15 is 0 Å². The van der Waals surface area contributed by atoms with Crippen LogP contribution in [0.15, 0.2) is 24.3 Å². The van der Waals surface area contributed by atoms with Crippen molar-refractivity contribution in [2.24, 2.45) is 0 Å². The van der Waals surface area contributed by atoms with Crippen molar-refractivity contribution < 1.29 is 24.5 Å². The van der Waals surface area contributed by atoms with Gasteiger partial charge >= 0.3 is 5.97 Å². The van der Waals surface area contributed by atoms with E-state index in [1.165, 1.54) is 347 Å². The summed E-state index contributed by atoms with van der Waals surface area (Å²) in [7, 11) is 0. The van der Waals surface area contributed by atoms with Gasteiger partial charge in [0.2, 0.25) is 5.91 Å². The number of nitrogens with one attached hydrogen (secondary N) is 1. The molecule has 0 aliphatic carbocycles. The van der Waals surface area contributed by atoms with E-state index < -0.39 is 12.1 Å². The van der Waals surface area contributed by atoms with Gasteiger partial charge in [-0.05, 0) is 57.8 Å². The van der Waals surface area contributed by atoms with Crippen molar-refractivity contribution in [1.29, 1.82) is 0 Å². The molecule has 6 nitrogen and oxygen atoms in total. The zero-order valence-electron chi connectivity index (χ0n) is 56.5. The standard InChI is InChI=1S/C77H149NO5/c1-3-5-7-9-11-13-15-17-19-21-22-34-38-41-45-49-53-57-61-65-69-75(80)74(73-79)78-76(81)70-66-62-58-54-50-46-42-39-35-32-30-28-26-24-23-25-27-29-31-33-36-40-44-48-52-56-60-64-68-72-83-77(82)71-67-63-59-55-51-47-43-37-20-18-16-14-12-10-8-6-4-2/h12,14,18,20,74-75,79-80H,3-11,13,15-17,19,21-73H2,1-2H3,(H,78,81)/b14-12-,20-18-. The summed E-state index contributed by atoms with van der Waals surface area (Å²) in [6.07, 6.45) is 92.5. The van der Waals surface area contributed by atoms with Crippen LogP contribution in [0.5, 0.6) is 0 Å². The van der Waals surface area contributed by atoms with Crippen LogP contribution in [0.25, 0.3) is 0 Å². The fourth-order valence-electron chi connectivity index (χ4n) is 12.2. The van der Waals surface area contributed by atoms with Crippen LogP contribution < -0.4 is 5.32 Å². The molecular weight excluding hydrogens is 1020 g/mol. The third-order valence-electron chi connectivity index (χ3n) is 18.0. The Morgan fingerprint density at radius 2 is 0.602 bits per heavy atom. The lowest BCUT2D eigenvalue weighted by molar-refractivity contribution is -0.143. The third-order valence-corrected chi connectivity index (χ3v) is 18.0. The summed E-state index contributed by atoms with van der Waals surface area (Å²) >= 11 is 0. The van der Waals surface area contributed by atoms with Gasteiger partial charge in [-0.1, -0.05) is 385 Å². The number of ether oxygens (including phenoxy) is 1. The van der Waals surface area contributed by atoms with Crippen LogP contribution >= 0.6 is 0 Å². The molecule has 0 spiro atoms. The first kappa shape index (κ1) is 81.3. The molecule has 0 aliphatic heterocycles. The molecule has 0 radical (unpaired) electrons. The average Bonchev–Trinajstić information content (AvgIpc) is 3.48. The maximum atomic E-state index is 12.6. The number of aliphatic hydroxyl groups is 2. The first-order chi connectivity index (χ1) is 41.0. The topological polar surface area (TPSA) is 95.9 Å². The Hall–Kier alpha value is -1.66. The summed E-state index contributed by atoms with van der Waals surface area (Å²) in [5.41, 5.74) is 0. The van der Waals surface area contributed by atoms with Crippen LogP contribution in [0, 0.1) is 0 Å². The predicted octanol–water partition coefficient (Wildman–Crippen LogP) is 24.9. The van der Waals surface area contributed by atoms with Gasteiger partial charge in [-0.25, -0.2) is 0 Å². The zero-order chi connectivity index (χ0) is 59.9. The molecule has 2 unspecified atom stereocenters. The van der Waals surface area contributed by atoms with Crippen molar-refractivity contribution in [3.8, 4) is 0 Å². The quantitative estimate of drug-likeness (QED) is 0.0320. The molecule has 0 fully saturated rings. The fraction of sp³-hybridized carbons (Fsp3) is 0.922. The second-order valence-electron chi connectivity index (χ2n) is 26.3. The number of carbonyl (C=O) groups is 2. The number of rotatable bonds is 72. The van der Waals surface area contributed by atoms with Gasteiger partial charge < -0.3 is 20.3 Å². The van der Waals surface area contributed by atoms with Crippen LogP contribution in [0.4, 0.5) is 0 Å². The maximum Gasteiger partial charge on any atom is 0.305 e. The Bertz CT molecular complexity index is 1300. The average molecular weight is 1170 g/mol. The SMILES string of the molecule is CCCCC/C=C\C/C=C\CCCCCCCCCC(=O)OCCCCCCCCCCCCCCCCCCCCCCCCCCCCCCCC(=O)NC(CO)C(O)CCCCCCCCCCCCCCCCCCCCCC. The van der Waals surface area contributed by atoms with E-state index in [1.807, 2.05) is 0 Å². The number of amides is 1. The fourth-order valence-corrected chi connectivity index (χ4v) is 12.2. The van der Waals surface area contributed by atoms with Crippen LogP contribution in [0.2, 0.25) is 0 Å². The molecule has 0 aromatic carbocycles. The minimum atomic E-state index is -0.663. The van der Waals surface area contributed by atoms with Gasteiger partial charge in [0.15, 0.2) is 0 Å². The van der Waals surface area contributed by atoms with Gasteiger partial charge in [0.1, 0.15) is 0 Å².